The Bertz CT molecular complexity index is 805. The molecule has 2 N–H and O–H groups in total. The van der Waals surface area contributed by atoms with Gasteiger partial charge in [-0.25, -0.2) is 4.79 Å². The molecule has 0 spiro atoms. The van der Waals surface area contributed by atoms with Gasteiger partial charge in [0.05, 0.1) is 6.04 Å². The van der Waals surface area contributed by atoms with Crippen LogP contribution in [0.2, 0.25) is 0 Å². The van der Waals surface area contributed by atoms with Gasteiger partial charge in [0.15, 0.2) is 5.78 Å². The fourth-order valence-electron chi connectivity index (χ4n) is 2.83. The number of nitrogens with one attached hydrogen (secondary N) is 2. The number of hydrogen-bond donors (Lipinski definition) is 2. The molecule has 128 valence electrons. The predicted molar refractivity (Wildman–Crippen MR) is 95.8 cm³/mol. The molecule has 1 aliphatic heterocycles. The van der Waals surface area contributed by atoms with Gasteiger partial charge in [-0.2, -0.15) is 0 Å². The van der Waals surface area contributed by atoms with Gasteiger partial charge < -0.3 is 15.5 Å². The normalized spacial score (nSPS) is 16.6. The first-order valence-electron chi connectivity index (χ1n) is 8.07. The molecule has 1 unspecified atom stereocenters. The summed E-state index contributed by atoms with van der Waals surface area (Å²) in [6.45, 7) is 1.91. The molecule has 3 rings (SSSR count). The Hall–Kier alpha value is -3.15. The number of carbonyl (C=O) groups is 3. The van der Waals surface area contributed by atoms with Crippen molar-refractivity contribution in [3.8, 4) is 0 Å². The van der Waals surface area contributed by atoms with Gasteiger partial charge in [0.2, 0.25) is 5.91 Å². The van der Waals surface area contributed by atoms with E-state index in [0.29, 0.717) is 17.8 Å². The molecule has 1 aliphatic rings. The van der Waals surface area contributed by atoms with Crippen molar-refractivity contribution in [3.63, 3.8) is 0 Å². The Labute approximate surface area is 145 Å². The summed E-state index contributed by atoms with van der Waals surface area (Å²) in [4.78, 5) is 37.4. The molecule has 0 bridgehead atoms. The van der Waals surface area contributed by atoms with Gasteiger partial charge in [-0.1, -0.05) is 30.3 Å². The van der Waals surface area contributed by atoms with Crippen LogP contribution in [0, 0.1) is 0 Å². The lowest BCUT2D eigenvalue weighted by molar-refractivity contribution is -0.117. The third-order valence-electron chi connectivity index (χ3n) is 4.06. The number of amides is 3. The van der Waals surface area contributed by atoms with Crippen molar-refractivity contribution >= 4 is 29.1 Å². The minimum atomic E-state index is -0.395. The Morgan fingerprint density at radius 2 is 1.84 bits per heavy atom. The van der Waals surface area contributed by atoms with Gasteiger partial charge in [0, 0.05) is 29.9 Å². The van der Waals surface area contributed by atoms with Gasteiger partial charge in [0.1, 0.15) is 0 Å². The second-order valence-corrected chi connectivity index (χ2v) is 5.98. The van der Waals surface area contributed by atoms with Crippen molar-refractivity contribution in [3.05, 3.63) is 60.2 Å². The smallest absolute Gasteiger partial charge is 0.319 e. The molecule has 6 heteroatoms. The molecular formula is C19H19N3O3. The summed E-state index contributed by atoms with van der Waals surface area (Å²) in [5.41, 5.74) is 1.89. The molecular weight excluding hydrogens is 318 g/mol. The SMILES string of the molecule is CC(=O)c1cccc(NC(=O)NC2CC(=O)N(c3ccccc3)C2)c1. The van der Waals surface area contributed by atoms with E-state index < -0.39 is 6.03 Å². The Morgan fingerprint density at radius 1 is 1.08 bits per heavy atom. The fourth-order valence-corrected chi connectivity index (χ4v) is 2.83. The average molecular weight is 337 g/mol. The molecule has 0 aliphatic carbocycles. The van der Waals surface area contributed by atoms with Gasteiger partial charge in [-0.05, 0) is 31.2 Å². The molecule has 2 aromatic carbocycles. The number of nitrogens with zero attached hydrogens (tertiary/aromatic N) is 1. The van der Waals surface area contributed by atoms with Crippen LogP contribution in [0.1, 0.15) is 23.7 Å². The highest BCUT2D eigenvalue weighted by Gasteiger charge is 2.31. The molecule has 0 saturated carbocycles. The van der Waals surface area contributed by atoms with E-state index in [1.165, 1.54) is 6.92 Å². The minimum absolute atomic E-state index is 0.0184. The van der Waals surface area contributed by atoms with Crippen LogP contribution in [0.5, 0.6) is 0 Å². The summed E-state index contributed by atoms with van der Waals surface area (Å²) in [7, 11) is 0. The molecule has 1 atom stereocenters. The van der Waals surface area contributed by atoms with E-state index in [2.05, 4.69) is 10.6 Å². The van der Waals surface area contributed by atoms with E-state index in [4.69, 9.17) is 0 Å². The highest BCUT2D eigenvalue weighted by atomic mass is 16.2. The molecule has 6 nitrogen and oxygen atoms in total. The summed E-state index contributed by atoms with van der Waals surface area (Å²) in [6.07, 6.45) is 0.260. The Kier molecular flexibility index (Phi) is 4.79. The van der Waals surface area contributed by atoms with Crippen LogP contribution in [0.25, 0.3) is 0 Å². The van der Waals surface area contributed by atoms with Gasteiger partial charge in [-0.3, -0.25) is 9.59 Å². The van der Waals surface area contributed by atoms with E-state index in [0.717, 1.165) is 5.69 Å². The van der Waals surface area contributed by atoms with E-state index in [1.807, 2.05) is 30.3 Å². The van der Waals surface area contributed by atoms with E-state index in [9.17, 15) is 14.4 Å². The molecule has 1 fully saturated rings. The molecule has 2 aromatic rings. The van der Waals surface area contributed by atoms with Gasteiger partial charge in [-0.15, -0.1) is 0 Å². The number of rotatable bonds is 4. The number of urea groups is 1. The van der Waals surface area contributed by atoms with Crippen LogP contribution in [-0.4, -0.2) is 30.3 Å². The number of ketones is 1. The van der Waals surface area contributed by atoms with Crippen LogP contribution in [0.3, 0.4) is 0 Å². The maximum absolute atomic E-state index is 12.2. The molecule has 1 heterocycles. The fraction of sp³-hybridized carbons (Fsp3) is 0.211. The largest absolute Gasteiger partial charge is 0.333 e. The van der Waals surface area contributed by atoms with E-state index in [1.54, 1.807) is 29.2 Å². The molecule has 0 aromatic heterocycles. The van der Waals surface area contributed by atoms with Crippen molar-refractivity contribution in [1.82, 2.24) is 5.32 Å². The zero-order chi connectivity index (χ0) is 17.8. The molecule has 3 amide bonds. The summed E-state index contributed by atoms with van der Waals surface area (Å²) >= 11 is 0. The van der Waals surface area contributed by atoms with Crippen LogP contribution in [0.4, 0.5) is 16.2 Å². The first-order chi connectivity index (χ1) is 12.0. The third kappa shape index (κ3) is 4.03. The zero-order valence-electron chi connectivity index (χ0n) is 13.9. The number of hydrogen-bond acceptors (Lipinski definition) is 3. The van der Waals surface area contributed by atoms with Crippen molar-refractivity contribution in [2.75, 3.05) is 16.8 Å². The lowest BCUT2D eigenvalue weighted by atomic mass is 10.1. The molecule has 1 saturated heterocycles. The second-order valence-electron chi connectivity index (χ2n) is 5.98. The summed E-state index contributed by atoms with van der Waals surface area (Å²) in [5.74, 6) is -0.0842. The molecule has 0 radical (unpaired) electrons. The average Bonchev–Trinajstić information content (AvgIpc) is 2.96. The predicted octanol–water partition coefficient (Wildman–Crippen LogP) is 2.82. The number of anilines is 2. The van der Waals surface area contributed by atoms with Crippen LogP contribution < -0.4 is 15.5 Å². The standard InChI is InChI=1S/C19H19N3O3/c1-13(23)14-6-5-7-15(10-14)20-19(25)21-16-11-18(24)22(12-16)17-8-3-2-4-9-17/h2-10,16H,11-12H2,1H3,(H2,20,21,25). The zero-order valence-corrected chi connectivity index (χ0v) is 13.9. The number of para-hydroxylation sites is 1. The van der Waals surface area contributed by atoms with Crippen molar-refractivity contribution in [1.29, 1.82) is 0 Å². The highest BCUT2D eigenvalue weighted by molar-refractivity contribution is 5.98. The first-order valence-corrected chi connectivity index (χ1v) is 8.07. The van der Waals surface area contributed by atoms with Crippen molar-refractivity contribution in [2.24, 2.45) is 0 Å². The lowest BCUT2D eigenvalue weighted by Gasteiger charge is -2.17. The summed E-state index contributed by atoms with van der Waals surface area (Å²) in [6, 6.07) is 15.5. The first kappa shape index (κ1) is 16.7. The number of benzene rings is 2. The van der Waals surface area contributed by atoms with Crippen LogP contribution in [0.15, 0.2) is 54.6 Å². The van der Waals surface area contributed by atoms with Crippen LogP contribution >= 0.6 is 0 Å². The highest BCUT2D eigenvalue weighted by Crippen LogP contribution is 2.21. The topological polar surface area (TPSA) is 78.5 Å². The van der Waals surface area contributed by atoms with Crippen LogP contribution in [-0.2, 0) is 4.79 Å². The van der Waals surface area contributed by atoms with Crippen molar-refractivity contribution < 1.29 is 14.4 Å². The Balaban J connectivity index is 1.60. The molecule has 25 heavy (non-hydrogen) atoms. The van der Waals surface area contributed by atoms with Crippen molar-refractivity contribution in [2.45, 2.75) is 19.4 Å². The quantitative estimate of drug-likeness (QED) is 0.842. The number of Topliss-reactive ketones (excluding diaryl/α,β-unsaturated/α-hetero) is 1. The van der Waals surface area contributed by atoms with Gasteiger partial charge in [0.25, 0.3) is 0 Å². The monoisotopic (exact) mass is 337 g/mol. The summed E-state index contributed by atoms with van der Waals surface area (Å²) < 4.78 is 0. The summed E-state index contributed by atoms with van der Waals surface area (Å²) in [5, 5.41) is 5.51. The maximum atomic E-state index is 12.2. The Morgan fingerprint density at radius 3 is 2.56 bits per heavy atom. The van der Waals surface area contributed by atoms with E-state index >= 15 is 0 Å². The minimum Gasteiger partial charge on any atom is -0.333 e. The lowest BCUT2D eigenvalue weighted by Crippen LogP contribution is -2.39. The third-order valence-corrected chi connectivity index (χ3v) is 4.06. The number of carbonyl (C=O) groups excluding carboxylic acids is 3. The van der Waals surface area contributed by atoms with E-state index in [-0.39, 0.29) is 24.2 Å². The maximum Gasteiger partial charge on any atom is 0.319 e. The van der Waals surface area contributed by atoms with Gasteiger partial charge >= 0.3 is 6.03 Å². The second kappa shape index (κ2) is 7.17.